The van der Waals surface area contributed by atoms with E-state index < -0.39 is 20.0 Å². The number of hydrogen-bond acceptors (Lipinski definition) is 6. The second-order valence-corrected chi connectivity index (χ2v) is 5.66. The van der Waals surface area contributed by atoms with Crippen LogP contribution in [0.2, 0.25) is 0 Å². The summed E-state index contributed by atoms with van der Waals surface area (Å²) in [6, 6.07) is 0. The van der Waals surface area contributed by atoms with Crippen LogP contribution in [0.4, 0.5) is 5.82 Å². The summed E-state index contributed by atoms with van der Waals surface area (Å²) < 4.78 is 17.4. The van der Waals surface area contributed by atoms with Crippen LogP contribution < -0.4 is 5.73 Å². The molecule has 4 N–H and O–H groups in total. The largest absolute Gasteiger partial charge is 0.381 e. The predicted octanol–water partition coefficient (Wildman–Crippen LogP) is -0.0446. The van der Waals surface area contributed by atoms with Crippen molar-refractivity contribution < 1.29 is 19.1 Å². The first kappa shape index (κ1) is 14.6. The van der Waals surface area contributed by atoms with Crippen LogP contribution >= 0.6 is 7.60 Å². The number of imidazole rings is 1. The van der Waals surface area contributed by atoms with Crippen LogP contribution in [0.15, 0.2) is 25.2 Å². The molecular formula is C10H14N5O4P. The zero-order chi connectivity index (χ0) is 14.8. The zero-order valence-electron chi connectivity index (χ0n) is 10.5. The predicted molar refractivity (Wildman–Crippen MR) is 70.9 cm³/mol. The Morgan fingerprint density at radius 2 is 2.30 bits per heavy atom. The molecule has 0 saturated heterocycles. The normalized spacial score (nSPS) is 13.5. The van der Waals surface area contributed by atoms with Gasteiger partial charge in [0.2, 0.25) is 0 Å². The van der Waals surface area contributed by atoms with E-state index in [1.54, 1.807) is 6.20 Å². The maximum atomic E-state index is 10.8. The SMILES string of the molecule is C=C[C@H](Cc1cnc2c(N)ncnn12)OCP(=O)(O)O. The smallest absolute Gasteiger partial charge is 0.351 e. The van der Waals surface area contributed by atoms with E-state index in [1.807, 2.05) is 0 Å². The number of ether oxygens (including phenoxy) is 1. The van der Waals surface area contributed by atoms with Crippen LogP contribution in [0.1, 0.15) is 5.69 Å². The fraction of sp³-hybridized carbons (Fsp3) is 0.300. The molecule has 0 aliphatic heterocycles. The Hall–Kier alpha value is -1.80. The summed E-state index contributed by atoms with van der Waals surface area (Å²) in [5.74, 6) is 0.248. The first-order valence-electron chi connectivity index (χ1n) is 5.62. The number of aromatic nitrogens is 4. The van der Waals surface area contributed by atoms with E-state index in [0.29, 0.717) is 17.8 Å². The van der Waals surface area contributed by atoms with Gasteiger partial charge in [0.1, 0.15) is 12.7 Å². The summed E-state index contributed by atoms with van der Waals surface area (Å²) in [5, 5.41) is 4.02. The van der Waals surface area contributed by atoms with E-state index >= 15 is 0 Å². The van der Waals surface area contributed by atoms with Gasteiger partial charge in [0.05, 0.1) is 18.0 Å². The first-order chi connectivity index (χ1) is 9.40. The van der Waals surface area contributed by atoms with Gasteiger partial charge in [-0.3, -0.25) is 4.57 Å². The van der Waals surface area contributed by atoms with Crippen molar-refractivity contribution in [2.24, 2.45) is 0 Å². The van der Waals surface area contributed by atoms with Crippen molar-refractivity contribution in [1.29, 1.82) is 0 Å². The van der Waals surface area contributed by atoms with Crippen LogP contribution in [0.5, 0.6) is 0 Å². The summed E-state index contributed by atoms with van der Waals surface area (Å²) in [7, 11) is -4.22. The number of fused-ring (bicyclic) bond motifs is 1. The lowest BCUT2D eigenvalue weighted by atomic mass is 10.2. The number of anilines is 1. The number of nitrogens with zero attached hydrogens (tertiary/aromatic N) is 4. The molecule has 0 unspecified atom stereocenters. The average Bonchev–Trinajstić information content (AvgIpc) is 2.78. The summed E-state index contributed by atoms with van der Waals surface area (Å²) in [4.78, 5) is 25.5. The van der Waals surface area contributed by atoms with Crippen molar-refractivity contribution >= 4 is 19.1 Å². The van der Waals surface area contributed by atoms with Gasteiger partial charge in [0.25, 0.3) is 0 Å². The van der Waals surface area contributed by atoms with E-state index in [2.05, 4.69) is 21.6 Å². The molecule has 0 bridgehead atoms. The molecule has 2 aromatic heterocycles. The van der Waals surface area contributed by atoms with Gasteiger partial charge >= 0.3 is 7.60 Å². The quantitative estimate of drug-likeness (QED) is 0.499. The molecule has 0 fully saturated rings. The van der Waals surface area contributed by atoms with Crippen molar-refractivity contribution in [3.8, 4) is 0 Å². The van der Waals surface area contributed by atoms with E-state index in [0.717, 1.165) is 0 Å². The molecule has 0 radical (unpaired) electrons. The van der Waals surface area contributed by atoms with Gasteiger partial charge in [0, 0.05) is 6.42 Å². The highest BCUT2D eigenvalue weighted by atomic mass is 31.2. The highest BCUT2D eigenvalue weighted by Gasteiger charge is 2.18. The Morgan fingerprint density at radius 3 is 2.95 bits per heavy atom. The summed E-state index contributed by atoms with van der Waals surface area (Å²) in [5.41, 5.74) is 6.75. The van der Waals surface area contributed by atoms with Gasteiger partial charge in [-0.05, 0) is 0 Å². The van der Waals surface area contributed by atoms with Gasteiger partial charge < -0.3 is 20.3 Å². The Kier molecular flexibility index (Phi) is 4.15. The van der Waals surface area contributed by atoms with Gasteiger partial charge in [-0.1, -0.05) is 6.08 Å². The standard InChI is InChI=1S/C10H14N5O4P/c1-2-8(19-6-20(16,17)18)3-7-4-12-10-9(11)13-5-14-15(7)10/h2,4-5,8H,1,3,6H2,(H2,11,13,14)(H2,16,17,18)/t8-/m1/s1. The Morgan fingerprint density at radius 1 is 1.55 bits per heavy atom. The third-order valence-corrected chi connectivity index (χ3v) is 3.02. The highest BCUT2D eigenvalue weighted by molar-refractivity contribution is 7.51. The average molecular weight is 299 g/mol. The van der Waals surface area contributed by atoms with Gasteiger partial charge in [-0.25, -0.2) is 14.5 Å². The van der Waals surface area contributed by atoms with Crippen LogP contribution in [-0.2, 0) is 15.7 Å². The molecule has 2 heterocycles. The van der Waals surface area contributed by atoms with Gasteiger partial charge in [-0.15, -0.1) is 6.58 Å². The lowest BCUT2D eigenvalue weighted by molar-refractivity contribution is 0.108. The molecule has 0 spiro atoms. The fourth-order valence-corrected chi connectivity index (χ4v) is 2.02. The van der Waals surface area contributed by atoms with E-state index in [1.165, 1.54) is 16.9 Å². The summed E-state index contributed by atoms with van der Waals surface area (Å²) in [6.07, 6.45) is 3.38. The maximum absolute atomic E-state index is 10.8. The Bertz CT molecular complexity index is 667. The van der Waals surface area contributed by atoms with E-state index in [-0.39, 0.29) is 5.82 Å². The Balaban J connectivity index is 2.16. The van der Waals surface area contributed by atoms with Crippen molar-refractivity contribution in [3.63, 3.8) is 0 Å². The molecular weight excluding hydrogens is 285 g/mol. The van der Waals surface area contributed by atoms with E-state index in [4.69, 9.17) is 20.3 Å². The molecule has 10 heteroatoms. The molecule has 0 amide bonds. The van der Waals surface area contributed by atoms with Crippen molar-refractivity contribution in [3.05, 3.63) is 30.9 Å². The summed E-state index contributed by atoms with van der Waals surface area (Å²) >= 11 is 0. The van der Waals surface area contributed by atoms with Crippen molar-refractivity contribution in [2.45, 2.75) is 12.5 Å². The summed E-state index contributed by atoms with van der Waals surface area (Å²) in [6.45, 7) is 3.57. The third-order valence-electron chi connectivity index (χ3n) is 2.53. The lowest BCUT2D eigenvalue weighted by Gasteiger charge is -2.13. The molecule has 0 aliphatic carbocycles. The molecule has 108 valence electrons. The van der Waals surface area contributed by atoms with Gasteiger partial charge in [-0.2, -0.15) is 5.10 Å². The molecule has 2 rings (SSSR count). The second kappa shape index (κ2) is 5.68. The second-order valence-electron chi connectivity index (χ2n) is 4.07. The minimum atomic E-state index is -4.22. The fourth-order valence-electron chi connectivity index (χ4n) is 1.63. The molecule has 0 aliphatic rings. The number of nitrogens with two attached hydrogens (primary N) is 1. The number of hydrogen-bond donors (Lipinski definition) is 3. The molecule has 2 aromatic rings. The van der Waals surface area contributed by atoms with Crippen molar-refractivity contribution in [1.82, 2.24) is 19.6 Å². The topological polar surface area (TPSA) is 136 Å². The Labute approximate surface area is 114 Å². The molecule has 1 atom stereocenters. The highest BCUT2D eigenvalue weighted by Crippen LogP contribution is 2.34. The van der Waals surface area contributed by atoms with Crippen molar-refractivity contribution in [2.75, 3.05) is 12.1 Å². The molecule has 9 nitrogen and oxygen atoms in total. The number of rotatable bonds is 6. The first-order valence-corrected chi connectivity index (χ1v) is 7.42. The van der Waals surface area contributed by atoms with Crippen LogP contribution in [-0.4, -0.2) is 41.8 Å². The van der Waals surface area contributed by atoms with Crippen LogP contribution in [0, 0.1) is 0 Å². The van der Waals surface area contributed by atoms with Crippen LogP contribution in [0.3, 0.4) is 0 Å². The third kappa shape index (κ3) is 3.40. The lowest BCUT2D eigenvalue weighted by Crippen LogP contribution is -2.16. The minimum absolute atomic E-state index is 0.248. The van der Waals surface area contributed by atoms with E-state index in [9.17, 15) is 4.57 Å². The number of nitrogen functional groups attached to an aromatic ring is 1. The minimum Gasteiger partial charge on any atom is -0.381 e. The molecule has 0 aromatic carbocycles. The van der Waals surface area contributed by atoms with Crippen LogP contribution in [0.25, 0.3) is 5.65 Å². The van der Waals surface area contributed by atoms with Gasteiger partial charge in [0.15, 0.2) is 11.5 Å². The zero-order valence-corrected chi connectivity index (χ0v) is 11.3. The molecule has 0 saturated carbocycles. The maximum Gasteiger partial charge on any atom is 0.351 e. The monoisotopic (exact) mass is 299 g/mol. The molecule has 20 heavy (non-hydrogen) atoms.